The summed E-state index contributed by atoms with van der Waals surface area (Å²) < 4.78 is 26.2. The highest BCUT2D eigenvalue weighted by molar-refractivity contribution is 5.92. The van der Waals surface area contributed by atoms with E-state index in [1.165, 1.54) is 24.3 Å². The number of hydrogen-bond acceptors (Lipinski definition) is 3. The predicted octanol–water partition coefficient (Wildman–Crippen LogP) is 3.28. The van der Waals surface area contributed by atoms with E-state index < -0.39 is 0 Å². The number of rotatable bonds is 5. The van der Waals surface area contributed by atoms with Crippen LogP contribution in [0.2, 0.25) is 0 Å². The molecule has 0 unspecified atom stereocenters. The fourth-order valence-corrected chi connectivity index (χ4v) is 3.23. The summed E-state index contributed by atoms with van der Waals surface area (Å²) in [7, 11) is 0. The summed E-state index contributed by atoms with van der Waals surface area (Å²) in [5, 5.41) is 2.73. The third-order valence-electron chi connectivity index (χ3n) is 4.78. The topological polar surface area (TPSA) is 35.6 Å². The first kappa shape index (κ1) is 18.5. The molecule has 0 radical (unpaired) electrons. The molecule has 0 saturated carbocycles. The first-order valence-corrected chi connectivity index (χ1v) is 8.78. The van der Waals surface area contributed by atoms with Crippen molar-refractivity contribution in [3.05, 3.63) is 65.7 Å². The Labute approximate surface area is 152 Å². The Bertz CT molecular complexity index is 743. The summed E-state index contributed by atoms with van der Waals surface area (Å²) in [4.78, 5) is 16.5. The van der Waals surface area contributed by atoms with Gasteiger partial charge in [0.2, 0.25) is 5.91 Å². The van der Waals surface area contributed by atoms with Gasteiger partial charge < -0.3 is 5.32 Å². The average molecular weight is 359 g/mol. The third kappa shape index (κ3) is 4.86. The number of hydrogen-bond donors (Lipinski definition) is 1. The van der Waals surface area contributed by atoms with Gasteiger partial charge in [0.15, 0.2) is 0 Å². The molecule has 2 aromatic carbocycles. The normalized spacial score (nSPS) is 17.0. The second kappa shape index (κ2) is 8.38. The van der Waals surface area contributed by atoms with Crippen LogP contribution in [-0.2, 0) is 4.79 Å². The zero-order valence-electron chi connectivity index (χ0n) is 14.8. The van der Waals surface area contributed by atoms with Gasteiger partial charge in [0.05, 0.1) is 6.54 Å². The number of carbonyl (C=O) groups is 1. The minimum Gasteiger partial charge on any atom is -0.325 e. The van der Waals surface area contributed by atoms with E-state index >= 15 is 0 Å². The fourth-order valence-electron chi connectivity index (χ4n) is 3.23. The Morgan fingerprint density at radius 2 is 1.73 bits per heavy atom. The Morgan fingerprint density at radius 1 is 1.04 bits per heavy atom. The van der Waals surface area contributed by atoms with Crippen LogP contribution < -0.4 is 5.32 Å². The van der Waals surface area contributed by atoms with Crippen LogP contribution in [0.1, 0.15) is 18.5 Å². The van der Waals surface area contributed by atoms with E-state index in [9.17, 15) is 13.6 Å². The van der Waals surface area contributed by atoms with Gasteiger partial charge in [-0.05, 0) is 42.8 Å². The van der Waals surface area contributed by atoms with Crippen molar-refractivity contribution in [1.29, 1.82) is 0 Å². The molecule has 1 amide bonds. The van der Waals surface area contributed by atoms with Crippen molar-refractivity contribution >= 4 is 11.6 Å². The maximum absolute atomic E-state index is 13.2. The second-order valence-electron chi connectivity index (χ2n) is 6.60. The van der Waals surface area contributed by atoms with Crippen LogP contribution in [0.5, 0.6) is 0 Å². The number of piperazine rings is 1. The van der Waals surface area contributed by atoms with Crippen LogP contribution in [0.4, 0.5) is 14.5 Å². The molecule has 1 aliphatic rings. The van der Waals surface area contributed by atoms with Gasteiger partial charge in [0.1, 0.15) is 11.6 Å². The Kier molecular flexibility index (Phi) is 5.96. The molecule has 1 aliphatic heterocycles. The molecule has 1 heterocycles. The molecule has 26 heavy (non-hydrogen) atoms. The van der Waals surface area contributed by atoms with Crippen LogP contribution >= 0.6 is 0 Å². The van der Waals surface area contributed by atoms with Crippen LogP contribution in [0.15, 0.2) is 48.5 Å². The average Bonchev–Trinajstić information content (AvgIpc) is 2.62. The Balaban J connectivity index is 1.47. The van der Waals surface area contributed by atoms with E-state index in [2.05, 4.69) is 22.0 Å². The van der Waals surface area contributed by atoms with Crippen LogP contribution in [0, 0.1) is 11.6 Å². The molecular weight excluding hydrogens is 336 g/mol. The smallest absolute Gasteiger partial charge is 0.238 e. The summed E-state index contributed by atoms with van der Waals surface area (Å²) in [6, 6.07) is 12.7. The van der Waals surface area contributed by atoms with Gasteiger partial charge in [0, 0.05) is 37.9 Å². The van der Waals surface area contributed by atoms with Crippen LogP contribution in [0.3, 0.4) is 0 Å². The first-order chi connectivity index (χ1) is 12.5. The van der Waals surface area contributed by atoms with Gasteiger partial charge in [-0.25, -0.2) is 8.78 Å². The van der Waals surface area contributed by atoms with Crippen LogP contribution in [-0.4, -0.2) is 48.4 Å². The number of amides is 1. The largest absolute Gasteiger partial charge is 0.325 e. The zero-order chi connectivity index (χ0) is 18.5. The second-order valence-corrected chi connectivity index (χ2v) is 6.60. The van der Waals surface area contributed by atoms with Crippen molar-refractivity contribution < 1.29 is 13.6 Å². The summed E-state index contributed by atoms with van der Waals surface area (Å²) in [6.07, 6.45) is 0. The molecule has 0 aliphatic carbocycles. The summed E-state index contributed by atoms with van der Waals surface area (Å²) in [6.45, 7) is 5.64. The lowest BCUT2D eigenvalue weighted by Crippen LogP contribution is -2.49. The quantitative estimate of drug-likeness (QED) is 0.890. The number of halogens is 2. The van der Waals surface area contributed by atoms with Gasteiger partial charge in [0.25, 0.3) is 0 Å². The molecule has 6 heteroatoms. The van der Waals surface area contributed by atoms with Crippen molar-refractivity contribution in [3.8, 4) is 0 Å². The maximum Gasteiger partial charge on any atom is 0.238 e. The van der Waals surface area contributed by atoms with E-state index in [-0.39, 0.29) is 30.1 Å². The standard InChI is InChI=1S/C20H23F2N3O/c1-15(16-5-7-17(21)8-6-16)25-11-9-24(10-12-25)14-20(26)23-19-4-2-3-18(22)13-19/h2-8,13,15H,9-12,14H2,1H3,(H,23,26)/t15-/m0/s1. The van der Waals surface area contributed by atoms with Crippen molar-refractivity contribution in [2.75, 3.05) is 38.0 Å². The maximum atomic E-state index is 13.2. The minimum atomic E-state index is -0.369. The van der Waals surface area contributed by atoms with E-state index in [1.807, 2.05) is 12.1 Å². The molecule has 0 aromatic heterocycles. The molecule has 0 bridgehead atoms. The number of benzene rings is 2. The molecule has 4 nitrogen and oxygen atoms in total. The van der Waals surface area contributed by atoms with Crippen molar-refractivity contribution in [2.24, 2.45) is 0 Å². The highest BCUT2D eigenvalue weighted by atomic mass is 19.1. The predicted molar refractivity (Wildman–Crippen MR) is 97.9 cm³/mol. The summed E-state index contributed by atoms with van der Waals surface area (Å²) in [5.41, 5.74) is 1.56. The minimum absolute atomic E-state index is 0.143. The molecule has 138 valence electrons. The number of anilines is 1. The van der Waals surface area contributed by atoms with E-state index in [0.29, 0.717) is 5.69 Å². The monoisotopic (exact) mass is 359 g/mol. The SMILES string of the molecule is C[C@@H](c1ccc(F)cc1)N1CCN(CC(=O)Nc2cccc(F)c2)CC1. The lowest BCUT2D eigenvalue weighted by Gasteiger charge is -2.38. The Morgan fingerprint density at radius 3 is 2.38 bits per heavy atom. The highest BCUT2D eigenvalue weighted by Gasteiger charge is 2.23. The molecule has 1 atom stereocenters. The van der Waals surface area contributed by atoms with Crippen molar-refractivity contribution in [2.45, 2.75) is 13.0 Å². The van der Waals surface area contributed by atoms with E-state index in [4.69, 9.17) is 0 Å². The summed E-state index contributed by atoms with van der Waals surface area (Å²) >= 11 is 0. The molecule has 0 spiro atoms. The highest BCUT2D eigenvalue weighted by Crippen LogP contribution is 2.21. The lowest BCUT2D eigenvalue weighted by molar-refractivity contribution is -0.117. The van der Waals surface area contributed by atoms with Crippen molar-refractivity contribution in [1.82, 2.24) is 9.80 Å². The fraction of sp³-hybridized carbons (Fsp3) is 0.350. The molecule has 1 fully saturated rings. The van der Waals surface area contributed by atoms with Gasteiger partial charge in [-0.3, -0.25) is 14.6 Å². The lowest BCUT2D eigenvalue weighted by atomic mass is 10.1. The van der Waals surface area contributed by atoms with E-state index in [0.717, 1.165) is 31.7 Å². The zero-order valence-corrected chi connectivity index (χ0v) is 14.8. The van der Waals surface area contributed by atoms with Crippen molar-refractivity contribution in [3.63, 3.8) is 0 Å². The molecule has 1 N–H and O–H groups in total. The third-order valence-corrected chi connectivity index (χ3v) is 4.78. The molecule has 3 rings (SSSR count). The molecular formula is C20H23F2N3O. The summed E-state index contributed by atoms with van der Waals surface area (Å²) in [5.74, 6) is -0.739. The molecule has 2 aromatic rings. The van der Waals surface area contributed by atoms with Gasteiger partial charge in [-0.15, -0.1) is 0 Å². The number of nitrogens with one attached hydrogen (secondary N) is 1. The number of carbonyl (C=O) groups excluding carboxylic acids is 1. The first-order valence-electron chi connectivity index (χ1n) is 8.78. The van der Waals surface area contributed by atoms with E-state index in [1.54, 1.807) is 12.1 Å². The van der Waals surface area contributed by atoms with Gasteiger partial charge in [-0.1, -0.05) is 18.2 Å². The number of nitrogens with zero attached hydrogens (tertiary/aromatic N) is 2. The molecule has 1 saturated heterocycles. The van der Waals surface area contributed by atoms with Gasteiger partial charge >= 0.3 is 0 Å². The van der Waals surface area contributed by atoms with Gasteiger partial charge in [-0.2, -0.15) is 0 Å². The Hall–Kier alpha value is -2.31. The van der Waals surface area contributed by atoms with Crippen LogP contribution in [0.25, 0.3) is 0 Å².